The first-order valence-corrected chi connectivity index (χ1v) is 8.04. The van der Waals surface area contributed by atoms with Crippen LogP contribution in [0.3, 0.4) is 0 Å². The molecule has 2 aliphatic heterocycles. The van der Waals surface area contributed by atoms with Crippen LogP contribution in [0.4, 0.5) is 5.82 Å². The SMILES string of the molecule is Nc1[nH]ncc1C(O)C1CCOC2(CCSCC2)C1. The molecule has 2 atom stereocenters. The van der Waals surface area contributed by atoms with Gasteiger partial charge in [0.15, 0.2) is 0 Å². The zero-order valence-electron chi connectivity index (χ0n) is 11.0. The molecular formula is C13H21N3O2S. The first-order chi connectivity index (χ1) is 9.20. The van der Waals surface area contributed by atoms with Gasteiger partial charge in [-0.3, -0.25) is 5.10 Å². The van der Waals surface area contributed by atoms with Crippen molar-refractivity contribution in [3.63, 3.8) is 0 Å². The summed E-state index contributed by atoms with van der Waals surface area (Å²) in [5.74, 6) is 3.02. The smallest absolute Gasteiger partial charge is 0.124 e. The molecule has 6 heteroatoms. The monoisotopic (exact) mass is 283 g/mol. The van der Waals surface area contributed by atoms with Crippen LogP contribution in [-0.2, 0) is 4.74 Å². The van der Waals surface area contributed by atoms with E-state index in [9.17, 15) is 5.11 Å². The van der Waals surface area contributed by atoms with Crippen LogP contribution < -0.4 is 5.73 Å². The molecule has 2 aliphatic rings. The molecule has 0 radical (unpaired) electrons. The van der Waals surface area contributed by atoms with Gasteiger partial charge in [-0.2, -0.15) is 16.9 Å². The molecule has 0 aliphatic carbocycles. The van der Waals surface area contributed by atoms with Crippen LogP contribution in [-0.4, -0.2) is 39.0 Å². The number of hydrogen-bond donors (Lipinski definition) is 3. The lowest BCUT2D eigenvalue weighted by atomic mass is 9.78. The molecule has 2 unspecified atom stereocenters. The maximum Gasteiger partial charge on any atom is 0.124 e. The van der Waals surface area contributed by atoms with Crippen molar-refractivity contribution in [1.29, 1.82) is 0 Å². The number of H-pyrrole nitrogens is 1. The second-order valence-corrected chi connectivity index (χ2v) is 6.81. The van der Waals surface area contributed by atoms with Crippen LogP contribution in [0.15, 0.2) is 6.20 Å². The number of nitrogens with zero attached hydrogens (tertiary/aromatic N) is 1. The van der Waals surface area contributed by atoms with Gasteiger partial charge in [0.25, 0.3) is 0 Å². The third-order valence-electron chi connectivity index (χ3n) is 4.40. The van der Waals surface area contributed by atoms with Gasteiger partial charge in [0.1, 0.15) is 5.82 Å². The minimum atomic E-state index is -0.533. The van der Waals surface area contributed by atoms with E-state index < -0.39 is 6.10 Å². The van der Waals surface area contributed by atoms with E-state index in [0.717, 1.165) is 49.4 Å². The number of nitrogens with two attached hydrogens (primary N) is 1. The summed E-state index contributed by atoms with van der Waals surface area (Å²) >= 11 is 1.99. The summed E-state index contributed by atoms with van der Waals surface area (Å²) in [5, 5.41) is 17.1. The summed E-state index contributed by atoms with van der Waals surface area (Å²) in [4.78, 5) is 0. The maximum atomic E-state index is 10.5. The molecule has 19 heavy (non-hydrogen) atoms. The first-order valence-electron chi connectivity index (χ1n) is 6.89. The second kappa shape index (κ2) is 5.34. The second-order valence-electron chi connectivity index (χ2n) is 5.58. The van der Waals surface area contributed by atoms with E-state index in [2.05, 4.69) is 10.2 Å². The normalized spacial score (nSPS) is 28.4. The van der Waals surface area contributed by atoms with Crippen LogP contribution in [0, 0.1) is 5.92 Å². The number of anilines is 1. The Bertz CT molecular complexity index is 426. The van der Waals surface area contributed by atoms with Crippen LogP contribution in [0.2, 0.25) is 0 Å². The van der Waals surface area contributed by atoms with Gasteiger partial charge in [-0.05, 0) is 43.1 Å². The van der Waals surface area contributed by atoms with Gasteiger partial charge in [-0.25, -0.2) is 0 Å². The zero-order valence-corrected chi connectivity index (χ0v) is 11.8. The molecule has 3 rings (SSSR count). The Labute approximate surface area is 117 Å². The Balaban J connectivity index is 1.72. The summed E-state index contributed by atoms with van der Waals surface area (Å²) in [6.45, 7) is 0.740. The highest BCUT2D eigenvalue weighted by Crippen LogP contribution is 2.43. The zero-order chi connectivity index (χ0) is 13.3. The van der Waals surface area contributed by atoms with E-state index in [0.29, 0.717) is 5.82 Å². The van der Waals surface area contributed by atoms with Crippen LogP contribution >= 0.6 is 11.8 Å². The summed E-state index contributed by atoms with van der Waals surface area (Å²) in [6.07, 6.45) is 5.12. The van der Waals surface area contributed by atoms with E-state index in [1.54, 1.807) is 6.20 Å². The van der Waals surface area contributed by atoms with Gasteiger partial charge in [-0.1, -0.05) is 0 Å². The number of rotatable bonds is 2. The number of aliphatic hydroxyl groups excluding tert-OH is 1. The molecule has 4 N–H and O–H groups in total. The number of ether oxygens (including phenoxy) is 1. The number of nitrogen functional groups attached to an aromatic ring is 1. The third-order valence-corrected chi connectivity index (χ3v) is 5.39. The number of aromatic nitrogens is 2. The van der Waals surface area contributed by atoms with Crippen molar-refractivity contribution in [2.45, 2.75) is 37.4 Å². The standard InChI is InChI=1S/C13H21N3O2S/c14-12-10(8-15-16-12)11(17)9-1-4-18-13(7-9)2-5-19-6-3-13/h8-9,11,17H,1-7H2,(H3,14,15,16). The Kier molecular flexibility index (Phi) is 3.73. The van der Waals surface area contributed by atoms with Crippen molar-refractivity contribution >= 4 is 17.6 Å². The molecule has 106 valence electrons. The van der Waals surface area contributed by atoms with E-state index in [1.165, 1.54) is 0 Å². The number of nitrogens with one attached hydrogen (secondary N) is 1. The van der Waals surface area contributed by atoms with Gasteiger partial charge in [0.2, 0.25) is 0 Å². The first kappa shape index (κ1) is 13.3. The van der Waals surface area contributed by atoms with Crippen molar-refractivity contribution in [2.24, 2.45) is 5.92 Å². The maximum absolute atomic E-state index is 10.5. The number of thioether (sulfide) groups is 1. The van der Waals surface area contributed by atoms with Gasteiger partial charge >= 0.3 is 0 Å². The molecular weight excluding hydrogens is 262 g/mol. The summed E-state index contributed by atoms with van der Waals surface area (Å²) in [7, 11) is 0. The fourth-order valence-electron chi connectivity index (χ4n) is 3.22. The van der Waals surface area contributed by atoms with Crippen molar-refractivity contribution in [1.82, 2.24) is 10.2 Å². The Morgan fingerprint density at radius 3 is 3.00 bits per heavy atom. The van der Waals surface area contributed by atoms with Gasteiger partial charge in [0.05, 0.1) is 17.9 Å². The molecule has 0 aromatic carbocycles. The van der Waals surface area contributed by atoms with Crippen LogP contribution in [0.5, 0.6) is 0 Å². The van der Waals surface area contributed by atoms with Crippen molar-refractivity contribution in [2.75, 3.05) is 23.8 Å². The molecule has 5 nitrogen and oxygen atoms in total. The molecule has 2 fully saturated rings. The lowest BCUT2D eigenvalue weighted by Crippen LogP contribution is -2.44. The Hall–Kier alpha value is -0.720. The quantitative estimate of drug-likeness (QED) is 0.769. The van der Waals surface area contributed by atoms with E-state index in [-0.39, 0.29) is 11.5 Å². The minimum absolute atomic E-state index is 0.00631. The van der Waals surface area contributed by atoms with E-state index in [4.69, 9.17) is 10.5 Å². The molecule has 0 amide bonds. The molecule has 0 saturated carbocycles. The van der Waals surface area contributed by atoms with Crippen molar-refractivity contribution in [3.8, 4) is 0 Å². The lowest BCUT2D eigenvalue weighted by molar-refractivity contribution is -0.121. The summed E-state index contributed by atoms with van der Waals surface area (Å²) in [5.41, 5.74) is 6.53. The Morgan fingerprint density at radius 2 is 2.32 bits per heavy atom. The number of aliphatic hydroxyl groups is 1. The molecule has 0 bridgehead atoms. The van der Waals surface area contributed by atoms with Crippen molar-refractivity contribution < 1.29 is 9.84 Å². The molecule has 1 spiro atoms. The highest BCUT2D eigenvalue weighted by Gasteiger charge is 2.41. The molecule has 2 saturated heterocycles. The third kappa shape index (κ3) is 2.61. The predicted molar refractivity (Wildman–Crippen MR) is 75.9 cm³/mol. The van der Waals surface area contributed by atoms with Crippen molar-refractivity contribution in [3.05, 3.63) is 11.8 Å². The predicted octanol–water partition coefficient (Wildman–Crippen LogP) is 1.72. The highest BCUT2D eigenvalue weighted by molar-refractivity contribution is 7.99. The average molecular weight is 283 g/mol. The fourth-order valence-corrected chi connectivity index (χ4v) is 4.46. The number of aromatic amines is 1. The van der Waals surface area contributed by atoms with Gasteiger partial charge in [-0.15, -0.1) is 0 Å². The molecule has 1 aromatic rings. The summed E-state index contributed by atoms with van der Waals surface area (Å²) in [6, 6.07) is 0. The number of hydrogen-bond acceptors (Lipinski definition) is 5. The van der Waals surface area contributed by atoms with E-state index in [1.807, 2.05) is 11.8 Å². The Morgan fingerprint density at radius 1 is 1.53 bits per heavy atom. The van der Waals surface area contributed by atoms with E-state index >= 15 is 0 Å². The molecule has 1 aromatic heterocycles. The van der Waals surface area contributed by atoms with Gasteiger partial charge < -0.3 is 15.6 Å². The highest BCUT2D eigenvalue weighted by atomic mass is 32.2. The lowest BCUT2D eigenvalue weighted by Gasteiger charge is -2.44. The molecule has 3 heterocycles. The summed E-state index contributed by atoms with van der Waals surface area (Å²) < 4.78 is 6.06. The topological polar surface area (TPSA) is 84.2 Å². The fraction of sp³-hybridized carbons (Fsp3) is 0.769. The van der Waals surface area contributed by atoms with Crippen LogP contribution in [0.1, 0.15) is 37.4 Å². The van der Waals surface area contributed by atoms with Crippen LogP contribution in [0.25, 0.3) is 0 Å². The average Bonchev–Trinajstić information content (AvgIpc) is 2.85. The minimum Gasteiger partial charge on any atom is -0.388 e. The largest absolute Gasteiger partial charge is 0.388 e. The van der Waals surface area contributed by atoms with Gasteiger partial charge in [0, 0.05) is 12.2 Å².